The highest BCUT2D eigenvalue weighted by molar-refractivity contribution is 5.79. The number of Topliss-reactive ketones (excluding diaryl/α,β-unsaturated/α-hetero) is 1. The van der Waals surface area contributed by atoms with Crippen molar-refractivity contribution in [1.29, 1.82) is 0 Å². The van der Waals surface area contributed by atoms with Crippen molar-refractivity contribution < 1.29 is 9.53 Å². The number of hydrogen-bond acceptors (Lipinski definition) is 3. The Kier molecular flexibility index (Phi) is 4.42. The molecule has 6 aliphatic rings. The van der Waals surface area contributed by atoms with Gasteiger partial charge in [0.15, 0.2) is 0 Å². The van der Waals surface area contributed by atoms with Crippen LogP contribution in [-0.4, -0.2) is 24.2 Å². The van der Waals surface area contributed by atoms with Crippen LogP contribution in [0, 0.1) is 52.3 Å². The van der Waals surface area contributed by atoms with Gasteiger partial charge in [-0.25, -0.2) is 0 Å². The average Bonchev–Trinajstić information content (AvgIpc) is 3.16. The summed E-state index contributed by atoms with van der Waals surface area (Å²) in [5.41, 5.74) is 0.831. The van der Waals surface area contributed by atoms with Gasteiger partial charge in [-0.15, -0.1) is 0 Å². The second kappa shape index (κ2) is 6.56. The highest BCUT2D eigenvalue weighted by Crippen LogP contribution is 2.70. The molecule has 11 atom stereocenters. The number of ether oxygens (including phenoxy) is 1. The molecule has 1 N–H and O–H groups in total. The van der Waals surface area contributed by atoms with Crippen LogP contribution in [0.5, 0.6) is 0 Å². The first-order valence-electron chi connectivity index (χ1n) is 13.2. The third-order valence-electron chi connectivity index (χ3n) is 12.0. The van der Waals surface area contributed by atoms with Gasteiger partial charge in [-0.1, -0.05) is 27.7 Å². The third kappa shape index (κ3) is 2.54. The summed E-state index contributed by atoms with van der Waals surface area (Å²) in [7, 11) is 0. The van der Waals surface area contributed by atoms with E-state index in [2.05, 4.69) is 33.0 Å². The molecule has 0 unspecified atom stereocenters. The summed E-state index contributed by atoms with van der Waals surface area (Å²) >= 11 is 0. The van der Waals surface area contributed by atoms with Crippen LogP contribution >= 0.6 is 0 Å². The van der Waals surface area contributed by atoms with Crippen LogP contribution in [0.1, 0.15) is 91.9 Å². The largest absolute Gasteiger partial charge is 0.357 e. The molecule has 168 valence electrons. The fourth-order valence-electron chi connectivity index (χ4n) is 10.2. The molecule has 3 heteroatoms. The number of carbonyl (C=O) groups is 1. The maximum Gasteiger partial charge on any atom is 0.133 e. The minimum atomic E-state index is -0.0416. The predicted octanol–water partition coefficient (Wildman–Crippen LogP) is 5.58. The Balaban J connectivity index is 1.26. The number of ketones is 1. The highest BCUT2D eigenvalue weighted by atomic mass is 16.5. The van der Waals surface area contributed by atoms with E-state index < -0.39 is 0 Å². The van der Waals surface area contributed by atoms with Gasteiger partial charge in [0.1, 0.15) is 11.5 Å². The normalized spacial score (nSPS) is 60.1. The van der Waals surface area contributed by atoms with E-state index >= 15 is 0 Å². The molecule has 6 rings (SSSR count). The van der Waals surface area contributed by atoms with E-state index in [1.807, 2.05) is 0 Å². The second-order valence-electron chi connectivity index (χ2n) is 13.1. The zero-order chi connectivity index (χ0) is 20.9. The van der Waals surface area contributed by atoms with Crippen LogP contribution in [0.2, 0.25) is 0 Å². The van der Waals surface area contributed by atoms with Crippen molar-refractivity contribution in [3.63, 3.8) is 0 Å². The summed E-state index contributed by atoms with van der Waals surface area (Å²) in [5.74, 6) is 5.89. The average molecular weight is 414 g/mol. The molecule has 0 radical (unpaired) electrons. The van der Waals surface area contributed by atoms with Gasteiger partial charge in [0.2, 0.25) is 0 Å². The molecule has 3 nitrogen and oxygen atoms in total. The van der Waals surface area contributed by atoms with Crippen molar-refractivity contribution in [3.8, 4) is 0 Å². The highest BCUT2D eigenvalue weighted by Gasteiger charge is 2.68. The fourth-order valence-corrected chi connectivity index (χ4v) is 10.2. The van der Waals surface area contributed by atoms with Crippen LogP contribution in [0.3, 0.4) is 0 Å². The first kappa shape index (κ1) is 20.2. The van der Waals surface area contributed by atoms with E-state index in [0.717, 1.165) is 55.4 Å². The SMILES string of the molecule is C[C@@H]1CC[C@@]2(NC1)O[C@H]1C[C@H]3[C@@H]4CC[C@H]5CC(=O)CC[C@]5(C)[C@H]4CC[C@@]3(C)[C@H]1[C@@H]2C. The number of carbonyl (C=O) groups excluding carboxylic acids is 1. The predicted molar refractivity (Wildman–Crippen MR) is 119 cm³/mol. The maximum atomic E-state index is 12.2. The van der Waals surface area contributed by atoms with Crippen LogP contribution < -0.4 is 5.32 Å². The molecule has 0 amide bonds. The molecule has 4 aliphatic carbocycles. The quantitative estimate of drug-likeness (QED) is 0.564. The monoisotopic (exact) mass is 413 g/mol. The van der Waals surface area contributed by atoms with Crippen LogP contribution in [-0.2, 0) is 9.53 Å². The standard InChI is InChI=1S/C27H43NO2/c1-16-7-12-27(28-15-16)17(2)24-23(30-27)14-22-20-6-5-18-13-19(29)8-10-25(18,3)21(20)9-11-26(22,24)4/h16-18,20-24,28H,5-15H2,1-4H3/t16-,17+,18+,20-,21+,22+,23+,24+,25+,26-,27-/m1/s1. The van der Waals surface area contributed by atoms with Gasteiger partial charge in [-0.3, -0.25) is 10.1 Å². The van der Waals surface area contributed by atoms with E-state index in [-0.39, 0.29) is 5.72 Å². The summed E-state index contributed by atoms with van der Waals surface area (Å²) in [6, 6.07) is 0. The maximum absolute atomic E-state index is 12.2. The number of fused-ring (bicyclic) bond motifs is 7. The lowest BCUT2D eigenvalue weighted by molar-refractivity contribution is -0.144. The molecule has 6 fully saturated rings. The van der Waals surface area contributed by atoms with Crippen LogP contribution in [0.15, 0.2) is 0 Å². The Morgan fingerprint density at radius 3 is 2.57 bits per heavy atom. The Bertz CT molecular complexity index is 726. The number of rotatable bonds is 0. The molecule has 4 saturated carbocycles. The first-order valence-corrected chi connectivity index (χ1v) is 13.2. The van der Waals surface area contributed by atoms with E-state index in [9.17, 15) is 4.79 Å². The topological polar surface area (TPSA) is 38.3 Å². The van der Waals surface area contributed by atoms with E-state index in [0.29, 0.717) is 34.6 Å². The summed E-state index contributed by atoms with van der Waals surface area (Å²) in [6.07, 6.45) is 12.6. The Labute approximate surface area is 183 Å². The molecule has 0 bridgehead atoms. The number of hydrogen-bond donors (Lipinski definition) is 1. The van der Waals surface area contributed by atoms with Crippen molar-refractivity contribution in [2.45, 2.75) is 104 Å². The third-order valence-corrected chi connectivity index (χ3v) is 12.0. The minimum Gasteiger partial charge on any atom is -0.357 e. The van der Waals surface area contributed by atoms with Crippen molar-refractivity contribution in [2.24, 2.45) is 52.3 Å². The zero-order valence-electron chi connectivity index (χ0n) is 19.7. The van der Waals surface area contributed by atoms with Crippen molar-refractivity contribution in [2.75, 3.05) is 6.54 Å². The van der Waals surface area contributed by atoms with Crippen LogP contribution in [0.4, 0.5) is 0 Å². The van der Waals surface area contributed by atoms with Crippen molar-refractivity contribution in [3.05, 3.63) is 0 Å². The number of nitrogens with one attached hydrogen (secondary N) is 1. The summed E-state index contributed by atoms with van der Waals surface area (Å²) < 4.78 is 7.00. The molecule has 2 heterocycles. The zero-order valence-corrected chi connectivity index (χ0v) is 19.7. The molecule has 2 saturated heterocycles. The Morgan fingerprint density at radius 1 is 0.967 bits per heavy atom. The van der Waals surface area contributed by atoms with Gasteiger partial charge in [0.05, 0.1) is 6.10 Å². The van der Waals surface area contributed by atoms with Gasteiger partial charge >= 0.3 is 0 Å². The molecule has 0 aromatic carbocycles. The van der Waals surface area contributed by atoms with Gasteiger partial charge in [0, 0.05) is 25.3 Å². The molecule has 0 aromatic rings. The van der Waals surface area contributed by atoms with E-state index in [4.69, 9.17) is 4.74 Å². The summed E-state index contributed by atoms with van der Waals surface area (Å²) in [5, 5.41) is 3.88. The first-order chi connectivity index (χ1) is 14.3. The molecule has 0 aromatic heterocycles. The minimum absolute atomic E-state index is 0.0416. The smallest absolute Gasteiger partial charge is 0.133 e. The molecule has 1 spiro atoms. The van der Waals surface area contributed by atoms with Crippen molar-refractivity contribution in [1.82, 2.24) is 5.32 Å². The molecule has 30 heavy (non-hydrogen) atoms. The van der Waals surface area contributed by atoms with Gasteiger partial charge in [0.25, 0.3) is 0 Å². The Hall–Kier alpha value is -0.410. The van der Waals surface area contributed by atoms with E-state index in [1.54, 1.807) is 0 Å². The second-order valence-corrected chi connectivity index (χ2v) is 13.1. The van der Waals surface area contributed by atoms with E-state index in [1.165, 1.54) is 44.9 Å². The van der Waals surface area contributed by atoms with Gasteiger partial charge in [-0.05, 0) is 97.7 Å². The van der Waals surface area contributed by atoms with Gasteiger partial charge in [-0.2, -0.15) is 0 Å². The number of piperidine rings is 1. The van der Waals surface area contributed by atoms with Gasteiger partial charge < -0.3 is 4.74 Å². The van der Waals surface area contributed by atoms with Crippen molar-refractivity contribution >= 4 is 5.78 Å². The molecule has 2 aliphatic heterocycles. The van der Waals surface area contributed by atoms with Crippen LogP contribution in [0.25, 0.3) is 0 Å². The Morgan fingerprint density at radius 2 is 1.80 bits per heavy atom. The molecular weight excluding hydrogens is 370 g/mol. The summed E-state index contributed by atoms with van der Waals surface area (Å²) in [4.78, 5) is 12.2. The lowest BCUT2D eigenvalue weighted by Crippen LogP contribution is -2.57. The lowest BCUT2D eigenvalue weighted by Gasteiger charge is -2.60. The fraction of sp³-hybridized carbons (Fsp3) is 0.963. The molecular formula is C27H43NO2. The summed E-state index contributed by atoms with van der Waals surface area (Å²) in [6.45, 7) is 11.2. The lowest BCUT2D eigenvalue weighted by atomic mass is 9.44.